The number of anilines is 2. The van der Waals surface area contributed by atoms with Gasteiger partial charge in [-0.1, -0.05) is 26.0 Å². The Bertz CT molecular complexity index is 1080. The number of carbonyl (C=O) groups is 2. The maximum Gasteiger partial charge on any atom is 0.257 e. The molecule has 2 N–H and O–H groups in total. The number of rotatable bonds is 6. The highest BCUT2D eigenvalue weighted by atomic mass is 32.1. The van der Waals surface area contributed by atoms with E-state index >= 15 is 0 Å². The molecule has 0 aliphatic carbocycles. The van der Waals surface area contributed by atoms with Crippen LogP contribution in [0.5, 0.6) is 11.5 Å². The van der Waals surface area contributed by atoms with Gasteiger partial charge in [0, 0.05) is 16.6 Å². The zero-order valence-electron chi connectivity index (χ0n) is 16.6. The summed E-state index contributed by atoms with van der Waals surface area (Å²) in [5.41, 5.74) is 3.00. The predicted molar refractivity (Wildman–Crippen MR) is 115 cm³/mol. The van der Waals surface area contributed by atoms with Crippen LogP contribution in [0.15, 0.2) is 47.8 Å². The summed E-state index contributed by atoms with van der Waals surface area (Å²) in [7, 11) is 0. The molecular formula is C22H21N3O4S. The van der Waals surface area contributed by atoms with Crippen molar-refractivity contribution in [3.63, 3.8) is 0 Å². The maximum atomic E-state index is 12.4. The molecule has 154 valence electrons. The number of benzene rings is 2. The van der Waals surface area contributed by atoms with Crippen molar-refractivity contribution >= 4 is 34.0 Å². The lowest BCUT2D eigenvalue weighted by atomic mass is 10.0. The average molecular weight is 423 g/mol. The molecule has 3 aromatic rings. The predicted octanol–water partition coefficient (Wildman–Crippen LogP) is 4.43. The molecule has 1 aliphatic heterocycles. The molecular weight excluding hydrogens is 402 g/mol. The number of ether oxygens (including phenoxy) is 2. The zero-order valence-corrected chi connectivity index (χ0v) is 17.4. The first-order chi connectivity index (χ1) is 14.5. The van der Waals surface area contributed by atoms with Crippen molar-refractivity contribution in [2.24, 2.45) is 0 Å². The van der Waals surface area contributed by atoms with Gasteiger partial charge in [-0.3, -0.25) is 14.9 Å². The first kappa shape index (κ1) is 19.9. The Hall–Kier alpha value is -3.39. The van der Waals surface area contributed by atoms with Gasteiger partial charge in [0.1, 0.15) is 0 Å². The third-order valence-electron chi connectivity index (χ3n) is 4.61. The van der Waals surface area contributed by atoms with Gasteiger partial charge in [0.05, 0.1) is 12.1 Å². The monoisotopic (exact) mass is 423 g/mol. The molecule has 30 heavy (non-hydrogen) atoms. The first-order valence-corrected chi connectivity index (χ1v) is 10.4. The van der Waals surface area contributed by atoms with E-state index in [9.17, 15) is 9.59 Å². The summed E-state index contributed by atoms with van der Waals surface area (Å²) in [5, 5.41) is 7.81. The molecule has 2 heterocycles. The minimum atomic E-state index is -0.302. The number of hydrogen-bond acceptors (Lipinski definition) is 6. The Balaban J connectivity index is 1.33. The number of fused-ring (bicyclic) bond motifs is 1. The third-order valence-corrected chi connectivity index (χ3v) is 5.42. The third kappa shape index (κ3) is 4.60. The molecule has 0 atom stereocenters. The van der Waals surface area contributed by atoms with E-state index in [1.807, 2.05) is 24.3 Å². The van der Waals surface area contributed by atoms with Gasteiger partial charge in [-0.25, -0.2) is 4.98 Å². The fourth-order valence-corrected chi connectivity index (χ4v) is 3.68. The van der Waals surface area contributed by atoms with E-state index in [0.29, 0.717) is 33.8 Å². The van der Waals surface area contributed by atoms with Gasteiger partial charge in [0.2, 0.25) is 12.7 Å². The summed E-state index contributed by atoms with van der Waals surface area (Å²) in [6.45, 7) is 4.40. The van der Waals surface area contributed by atoms with Crippen LogP contribution in [-0.4, -0.2) is 23.6 Å². The Morgan fingerprint density at radius 3 is 2.60 bits per heavy atom. The number of hydrogen-bond donors (Lipinski definition) is 2. The summed E-state index contributed by atoms with van der Waals surface area (Å²) in [5.74, 6) is 1.14. The molecule has 0 fully saturated rings. The molecule has 0 saturated carbocycles. The van der Waals surface area contributed by atoms with Gasteiger partial charge >= 0.3 is 0 Å². The zero-order chi connectivity index (χ0) is 21.1. The first-order valence-electron chi connectivity index (χ1n) is 9.53. The summed E-state index contributed by atoms with van der Waals surface area (Å²) in [6, 6.07) is 12.8. The van der Waals surface area contributed by atoms with E-state index < -0.39 is 0 Å². The Kier molecular flexibility index (Phi) is 5.67. The summed E-state index contributed by atoms with van der Waals surface area (Å²) in [6.07, 6.45) is 0.127. The lowest BCUT2D eigenvalue weighted by Crippen LogP contribution is -2.15. The molecule has 0 bridgehead atoms. The Morgan fingerprint density at radius 2 is 1.83 bits per heavy atom. The molecule has 0 spiro atoms. The molecule has 1 aromatic heterocycles. The topological polar surface area (TPSA) is 89.6 Å². The van der Waals surface area contributed by atoms with Crippen molar-refractivity contribution in [1.82, 2.24) is 4.98 Å². The van der Waals surface area contributed by atoms with Crippen LogP contribution in [0.4, 0.5) is 10.8 Å². The molecule has 4 rings (SSSR count). The molecule has 7 nitrogen and oxygen atoms in total. The smallest absolute Gasteiger partial charge is 0.257 e. The molecule has 2 aromatic carbocycles. The van der Waals surface area contributed by atoms with E-state index in [4.69, 9.17) is 9.47 Å². The van der Waals surface area contributed by atoms with Gasteiger partial charge in [0.15, 0.2) is 16.6 Å². The molecule has 0 saturated heterocycles. The minimum Gasteiger partial charge on any atom is -0.454 e. The van der Waals surface area contributed by atoms with Gasteiger partial charge in [-0.05, 0) is 41.8 Å². The van der Waals surface area contributed by atoms with Crippen LogP contribution in [0.3, 0.4) is 0 Å². The fraction of sp³-hybridized carbons (Fsp3) is 0.227. The Morgan fingerprint density at radius 1 is 1.07 bits per heavy atom. The molecule has 0 radical (unpaired) electrons. The van der Waals surface area contributed by atoms with Crippen molar-refractivity contribution in [2.45, 2.75) is 26.2 Å². The minimum absolute atomic E-state index is 0.127. The van der Waals surface area contributed by atoms with E-state index in [0.717, 1.165) is 5.69 Å². The van der Waals surface area contributed by atoms with E-state index in [1.54, 1.807) is 23.6 Å². The van der Waals surface area contributed by atoms with Crippen LogP contribution in [0.1, 0.15) is 41.4 Å². The van der Waals surface area contributed by atoms with Crippen molar-refractivity contribution in [3.05, 3.63) is 64.7 Å². The quantitative estimate of drug-likeness (QED) is 0.612. The normalized spacial score (nSPS) is 12.1. The van der Waals surface area contributed by atoms with Gasteiger partial charge in [-0.2, -0.15) is 0 Å². The van der Waals surface area contributed by atoms with Gasteiger partial charge in [-0.15, -0.1) is 11.3 Å². The van der Waals surface area contributed by atoms with E-state index in [1.165, 1.54) is 16.9 Å². The maximum absolute atomic E-state index is 12.4. The van der Waals surface area contributed by atoms with Gasteiger partial charge in [0.25, 0.3) is 5.91 Å². The highest BCUT2D eigenvalue weighted by molar-refractivity contribution is 7.14. The number of amides is 2. The molecule has 0 unspecified atom stereocenters. The van der Waals surface area contributed by atoms with Crippen molar-refractivity contribution in [2.75, 3.05) is 17.4 Å². The fourth-order valence-electron chi connectivity index (χ4n) is 2.97. The molecule has 2 amide bonds. The number of nitrogens with one attached hydrogen (secondary N) is 2. The summed E-state index contributed by atoms with van der Waals surface area (Å²) < 4.78 is 10.5. The summed E-state index contributed by atoms with van der Waals surface area (Å²) in [4.78, 5) is 29.1. The standard InChI is InChI=1S/C22H21N3O4S/c1-13(2)14-3-6-16(7-4-14)23-20(26)10-17-11-30-22(24-17)25-21(27)15-5-8-18-19(9-15)29-12-28-18/h3-9,11,13H,10,12H2,1-2H3,(H,23,26)(H,24,25,27). The lowest BCUT2D eigenvalue weighted by molar-refractivity contribution is -0.115. The number of carbonyl (C=O) groups excluding carboxylic acids is 2. The lowest BCUT2D eigenvalue weighted by Gasteiger charge is -2.08. The van der Waals surface area contributed by atoms with E-state index in [-0.39, 0.29) is 25.0 Å². The van der Waals surface area contributed by atoms with Crippen LogP contribution >= 0.6 is 11.3 Å². The van der Waals surface area contributed by atoms with Crippen LogP contribution in [0.2, 0.25) is 0 Å². The SMILES string of the molecule is CC(C)c1ccc(NC(=O)Cc2csc(NC(=O)c3ccc4c(c3)OCO4)n2)cc1. The van der Waals surface area contributed by atoms with Gasteiger partial charge < -0.3 is 14.8 Å². The highest BCUT2D eigenvalue weighted by Crippen LogP contribution is 2.32. The van der Waals surface area contributed by atoms with Crippen molar-refractivity contribution < 1.29 is 19.1 Å². The second-order valence-corrected chi connectivity index (χ2v) is 8.03. The number of thiazole rings is 1. The second-order valence-electron chi connectivity index (χ2n) is 7.17. The van der Waals surface area contributed by atoms with Crippen LogP contribution < -0.4 is 20.1 Å². The Labute approximate surface area is 178 Å². The highest BCUT2D eigenvalue weighted by Gasteiger charge is 2.17. The van der Waals surface area contributed by atoms with Crippen LogP contribution in [0.25, 0.3) is 0 Å². The number of nitrogens with zero attached hydrogens (tertiary/aromatic N) is 1. The average Bonchev–Trinajstić information content (AvgIpc) is 3.36. The van der Waals surface area contributed by atoms with Crippen LogP contribution in [0, 0.1) is 0 Å². The van der Waals surface area contributed by atoms with Crippen molar-refractivity contribution in [3.8, 4) is 11.5 Å². The van der Waals surface area contributed by atoms with Crippen molar-refractivity contribution in [1.29, 1.82) is 0 Å². The van der Waals surface area contributed by atoms with E-state index in [2.05, 4.69) is 29.5 Å². The second kappa shape index (κ2) is 8.54. The van der Waals surface area contributed by atoms with Crippen LogP contribution in [-0.2, 0) is 11.2 Å². The number of aromatic nitrogens is 1. The largest absolute Gasteiger partial charge is 0.454 e. The molecule has 1 aliphatic rings. The summed E-state index contributed by atoms with van der Waals surface area (Å²) >= 11 is 1.27. The molecule has 8 heteroatoms.